The number of carboxylic acid groups (broad SMARTS) is 1. The van der Waals surface area contributed by atoms with Gasteiger partial charge in [-0.3, -0.25) is 4.79 Å². The van der Waals surface area contributed by atoms with Crippen molar-refractivity contribution in [2.75, 3.05) is 31.3 Å². The fourth-order valence-corrected chi connectivity index (χ4v) is 4.67. The molecule has 1 atom stereocenters. The number of carbonyl (C=O) groups is 2. The molecular weight excluding hydrogens is 386 g/mol. The molecule has 0 radical (unpaired) electrons. The third-order valence-electron chi connectivity index (χ3n) is 4.28. The SMILES string of the molecule is CNc1cccc(OCC2CCC(=O)N2CCSc2nc(C(=O)O)cs2)c1. The van der Waals surface area contributed by atoms with Crippen LogP contribution in [0.2, 0.25) is 0 Å². The van der Waals surface area contributed by atoms with E-state index in [-0.39, 0.29) is 17.6 Å². The third kappa shape index (κ3) is 5.14. The summed E-state index contributed by atoms with van der Waals surface area (Å²) in [6.45, 7) is 1.06. The molecule has 1 aromatic carbocycles. The van der Waals surface area contributed by atoms with E-state index in [1.165, 1.54) is 28.5 Å². The number of nitrogens with one attached hydrogen (secondary N) is 1. The number of hydrogen-bond acceptors (Lipinski definition) is 7. The number of thiazole rings is 1. The monoisotopic (exact) mass is 407 g/mol. The third-order valence-corrected chi connectivity index (χ3v) is 6.28. The van der Waals surface area contributed by atoms with Gasteiger partial charge in [-0.2, -0.15) is 0 Å². The average Bonchev–Trinajstić information content (AvgIpc) is 3.28. The Morgan fingerprint density at radius 1 is 1.52 bits per heavy atom. The van der Waals surface area contributed by atoms with Crippen molar-refractivity contribution in [1.29, 1.82) is 0 Å². The predicted molar refractivity (Wildman–Crippen MR) is 106 cm³/mol. The summed E-state index contributed by atoms with van der Waals surface area (Å²) in [4.78, 5) is 29.0. The van der Waals surface area contributed by atoms with E-state index in [0.717, 1.165) is 17.9 Å². The molecule has 1 amide bonds. The zero-order valence-corrected chi connectivity index (χ0v) is 16.5. The molecule has 1 fully saturated rings. The van der Waals surface area contributed by atoms with Crippen molar-refractivity contribution in [3.63, 3.8) is 0 Å². The lowest BCUT2D eigenvalue weighted by Crippen LogP contribution is -2.38. The van der Waals surface area contributed by atoms with Crippen molar-refractivity contribution in [3.05, 3.63) is 35.3 Å². The lowest BCUT2D eigenvalue weighted by molar-refractivity contribution is -0.129. The Morgan fingerprint density at radius 2 is 2.37 bits per heavy atom. The molecule has 2 N–H and O–H groups in total. The van der Waals surface area contributed by atoms with Crippen molar-refractivity contribution in [2.24, 2.45) is 0 Å². The summed E-state index contributed by atoms with van der Waals surface area (Å²) in [5, 5.41) is 13.5. The van der Waals surface area contributed by atoms with Crippen LogP contribution in [0.3, 0.4) is 0 Å². The van der Waals surface area contributed by atoms with Crippen molar-refractivity contribution in [2.45, 2.75) is 23.2 Å². The number of aromatic carboxylic acids is 1. The van der Waals surface area contributed by atoms with Crippen LogP contribution < -0.4 is 10.1 Å². The minimum atomic E-state index is -1.02. The van der Waals surface area contributed by atoms with Gasteiger partial charge in [0.2, 0.25) is 5.91 Å². The van der Waals surface area contributed by atoms with Gasteiger partial charge in [0.05, 0.1) is 6.04 Å². The first-order valence-electron chi connectivity index (χ1n) is 8.58. The van der Waals surface area contributed by atoms with E-state index >= 15 is 0 Å². The first-order valence-corrected chi connectivity index (χ1v) is 10.4. The summed E-state index contributed by atoms with van der Waals surface area (Å²) >= 11 is 2.78. The lowest BCUT2D eigenvalue weighted by atomic mass is 10.2. The van der Waals surface area contributed by atoms with Crippen molar-refractivity contribution in [3.8, 4) is 5.75 Å². The van der Waals surface area contributed by atoms with Gasteiger partial charge in [-0.15, -0.1) is 11.3 Å². The maximum Gasteiger partial charge on any atom is 0.355 e. The highest BCUT2D eigenvalue weighted by Crippen LogP contribution is 2.26. The van der Waals surface area contributed by atoms with Crippen molar-refractivity contribution < 1.29 is 19.4 Å². The largest absolute Gasteiger partial charge is 0.491 e. The van der Waals surface area contributed by atoms with Gasteiger partial charge < -0.3 is 20.1 Å². The van der Waals surface area contributed by atoms with Crippen LogP contribution in [0.25, 0.3) is 0 Å². The fraction of sp³-hybridized carbons (Fsp3) is 0.389. The van der Waals surface area contributed by atoms with Crippen LogP contribution in [0, 0.1) is 0 Å². The summed E-state index contributed by atoms with van der Waals surface area (Å²) in [5.41, 5.74) is 1.04. The molecule has 27 heavy (non-hydrogen) atoms. The molecule has 3 rings (SSSR count). The van der Waals surface area contributed by atoms with Gasteiger partial charge in [-0.25, -0.2) is 9.78 Å². The van der Waals surface area contributed by atoms with Crippen LogP contribution in [0.1, 0.15) is 23.3 Å². The number of rotatable bonds is 9. The Hall–Kier alpha value is -2.26. The molecule has 1 saturated heterocycles. The minimum absolute atomic E-state index is 0.0576. The van der Waals surface area contributed by atoms with Crippen molar-refractivity contribution in [1.82, 2.24) is 9.88 Å². The zero-order chi connectivity index (χ0) is 19.2. The van der Waals surface area contributed by atoms with E-state index < -0.39 is 5.97 Å². The van der Waals surface area contributed by atoms with E-state index in [1.54, 1.807) is 0 Å². The summed E-state index contributed by atoms with van der Waals surface area (Å²) in [6, 6.07) is 7.78. The molecule has 2 heterocycles. The molecule has 1 aliphatic rings. The quantitative estimate of drug-likeness (QED) is 0.617. The fourth-order valence-electron chi connectivity index (χ4n) is 2.86. The summed E-state index contributed by atoms with van der Waals surface area (Å²) in [7, 11) is 1.86. The molecule has 144 valence electrons. The van der Waals surface area contributed by atoms with Crippen LogP contribution in [-0.4, -0.2) is 58.9 Å². The van der Waals surface area contributed by atoms with Crippen LogP contribution in [0.4, 0.5) is 5.69 Å². The standard InChI is InChI=1S/C18H21N3O4S2/c1-19-12-3-2-4-14(9-12)25-10-13-5-6-16(22)21(13)7-8-26-18-20-15(11-27-18)17(23)24/h2-4,9,11,13,19H,5-8,10H2,1H3,(H,23,24). The minimum Gasteiger partial charge on any atom is -0.491 e. The molecule has 1 unspecified atom stereocenters. The smallest absolute Gasteiger partial charge is 0.355 e. The molecule has 1 aliphatic heterocycles. The predicted octanol–water partition coefficient (Wildman–Crippen LogP) is 3.05. The van der Waals surface area contributed by atoms with E-state index in [4.69, 9.17) is 9.84 Å². The number of thioether (sulfide) groups is 1. The maximum absolute atomic E-state index is 12.2. The first-order chi connectivity index (χ1) is 13.1. The second kappa shape index (κ2) is 9.09. The highest BCUT2D eigenvalue weighted by atomic mass is 32.2. The Balaban J connectivity index is 1.50. The van der Waals surface area contributed by atoms with Gasteiger partial charge in [-0.1, -0.05) is 17.8 Å². The molecule has 0 spiro atoms. The number of aromatic nitrogens is 1. The Morgan fingerprint density at radius 3 is 3.11 bits per heavy atom. The number of nitrogens with zero attached hydrogens (tertiary/aromatic N) is 2. The van der Waals surface area contributed by atoms with E-state index in [1.807, 2.05) is 36.2 Å². The summed E-state index contributed by atoms with van der Waals surface area (Å²) in [6.07, 6.45) is 1.32. The van der Waals surface area contributed by atoms with Crippen LogP contribution >= 0.6 is 23.1 Å². The highest BCUT2D eigenvalue weighted by Gasteiger charge is 2.31. The number of likely N-dealkylation sites (tertiary alicyclic amines) is 1. The number of ether oxygens (including phenoxy) is 1. The number of hydrogen-bond donors (Lipinski definition) is 2. The van der Waals surface area contributed by atoms with Gasteiger partial charge in [-0.05, 0) is 18.6 Å². The topological polar surface area (TPSA) is 91.8 Å². The second-order valence-corrected chi connectivity index (χ2v) is 8.22. The number of benzene rings is 1. The van der Waals surface area contributed by atoms with Gasteiger partial charge in [0, 0.05) is 42.9 Å². The van der Waals surface area contributed by atoms with Gasteiger partial charge >= 0.3 is 5.97 Å². The molecule has 0 aliphatic carbocycles. The molecule has 0 saturated carbocycles. The Kier molecular flexibility index (Phi) is 6.57. The van der Waals surface area contributed by atoms with Crippen LogP contribution in [0.5, 0.6) is 5.75 Å². The first kappa shape index (κ1) is 19.5. The number of anilines is 1. The Bertz CT molecular complexity index is 811. The molecule has 9 heteroatoms. The normalized spacial score (nSPS) is 16.6. The van der Waals surface area contributed by atoms with E-state index in [0.29, 0.717) is 29.7 Å². The lowest BCUT2D eigenvalue weighted by Gasteiger charge is -2.24. The maximum atomic E-state index is 12.2. The van der Waals surface area contributed by atoms with Crippen LogP contribution in [0.15, 0.2) is 34.0 Å². The summed E-state index contributed by atoms with van der Waals surface area (Å²) in [5.74, 6) is 0.565. The molecular formula is C18H21N3O4S2. The average molecular weight is 408 g/mol. The van der Waals surface area contributed by atoms with E-state index in [9.17, 15) is 9.59 Å². The molecule has 7 nitrogen and oxygen atoms in total. The van der Waals surface area contributed by atoms with Gasteiger partial charge in [0.15, 0.2) is 10.0 Å². The van der Waals surface area contributed by atoms with Gasteiger partial charge in [0.1, 0.15) is 12.4 Å². The molecule has 2 aromatic rings. The van der Waals surface area contributed by atoms with Gasteiger partial charge in [0.25, 0.3) is 0 Å². The molecule has 0 bridgehead atoms. The van der Waals surface area contributed by atoms with Crippen molar-refractivity contribution >= 4 is 40.7 Å². The number of carboxylic acids is 1. The number of amides is 1. The zero-order valence-electron chi connectivity index (χ0n) is 14.9. The summed E-state index contributed by atoms with van der Waals surface area (Å²) < 4.78 is 6.59. The number of carbonyl (C=O) groups excluding carboxylic acids is 1. The Labute approximate surface area is 165 Å². The van der Waals surface area contributed by atoms with E-state index in [2.05, 4.69) is 10.3 Å². The second-order valence-electron chi connectivity index (χ2n) is 6.02. The highest BCUT2D eigenvalue weighted by molar-refractivity contribution is 8.01. The molecule has 1 aromatic heterocycles. The van der Waals surface area contributed by atoms with Crippen LogP contribution in [-0.2, 0) is 4.79 Å².